The molecule has 3 nitrogen and oxygen atoms in total. The van der Waals surface area contributed by atoms with Crippen molar-refractivity contribution in [1.82, 2.24) is 0 Å². The second-order valence-electron chi connectivity index (χ2n) is 4.61. The fourth-order valence-corrected chi connectivity index (χ4v) is 2.14. The average molecular weight is 292 g/mol. The lowest BCUT2D eigenvalue weighted by molar-refractivity contribution is -0.114. The average Bonchev–Trinajstić information content (AvgIpc) is 2.87. The summed E-state index contributed by atoms with van der Waals surface area (Å²) in [7, 11) is 0. The molecule has 1 aliphatic heterocycles. The number of nitrogens with zero attached hydrogens (tertiary/aromatic N) is 2. The minimum Gasteiger partial charge on any atom is -0.267 e. The van der Waals surface area contributed by atoms with Crippen molar-refractivity contribution in [2.45, 2.75) is 20.8 Å². The summed E-state index contributed by atoms with van der Waals surface area (Å²) in [6, 6.07) is 19.3. The normalized spacial score (nSPS) is 15.4. The van der Waals surface area contributed by atoms with Crippen LogP contribution in [0.4, 0.5) is 5.69 Å². The van der Waals surface area contributed by atoms with E-state index in [1.54, 1.807) is 0 Å². The molecule has 0 saturated carbocycles. The molecule has 1 aliphatic rings. The molecular weight excluding hydrogens is 272 g/mol. The fraction of sp³-hybridized carbons (Fsp3) is 0.158. The first-order valence-electron chi connectivity index (χ1n) is 7.47. The molecule has 112 valence electrons. The summed E-state index contributed by atoms with van der Waals surface area (Å²) in [5.41, 5.74) is 3.16. The molecule has 0 unspecified atom stereocenters. The highest BCUT2D eigenvalue weighted by atomic mass is 16.2. The highest BCUT2D eigenvalue weighted by molar-refractivity contribution is 6.32. The van der Waals surface area contributed by atoms with Crippen molar-refractivity contribution >= 4 is 23.4 Å². The fourth-order valence-electron chi connectivity index (χ4n) is 2.14. The number of hydrogen-bond acceptors (Lipinski definition) is 2. The first kappa shape index (κ1) is 15.7. The quantitative estimate of drug-likeness (QED) is 0.749. The molecule has 22 heavy (non-hydrogen) atoms. The zero-order chi connectivity index (χ0) is 15.9. The summed E-state index contributed by atoms with van der Waals surface area (Å²) in [5, 5.41) is 5.80. The number of anilines is 1. The molecule has 0 N–H and O–H groups in total. The Hall–Kier alpha value is -2.68. The van der Waals surface area contributed by atoms with Gasteiger partial charge in [0.25, 0.3) is 5.91 Å². The third-order valence-electron chi connectivity index (χ3n) is 3.17. The predicted octanol–water partition coefficient (Wildman–Crippen LogP) is 4.52. The number of amides is 1. The van der Waals surface area contributed by atoms with Gasteiger partial charge in [-0.05, 0) is 30.7 Å². The van der Waals surface area contributed by atoms with E-state index >= 15 is 0 Å². The first-order chi connectivity index (χ1) is 10.8. The molecule has 0 bridgehead atoms. The Morgan fingerprint density at radius 2 is 1.45 bits per heavy atom. The number of carbonyl (C=O) groups excluding carboxylic acids is 1. The molecular formula is C19H20N2O. The molecule has 0 aliphatic carbocycles. The van der Waals surface area contributed by atoms with E-state index in [1.807, 2.05) is 87.5 Å². The molecule has 0 atom stereocenters. The molecule has 0 spiro atoms. The lowest BCUT2D eigenvalue weighted by atomic mass is 10.1. The van der Waals surface area contributed by atoms with E-state index in [9.17, 15) is 4.79 Å². The molecule has 3 heteroatoms. The molecule has 3 rings (SSSR count). The van der Waals surface area contributed by atoms with Gasteiger partial charge in [0.05, 0.1) is 17.0 Å². The van der Waals surface area contributed by atoms with Crippen LogP contribution in [0.3, 0.4) is 0 Å². The van der Waals surface area contributed by atoms with Crippen molar-refractivity contribution in [2.75, 3.05) is 5.01 Å². The zero-order valence-electron chi connectivity index (χ0n) is 13.2. The maximum Gasteiger partial charge on any atom is 0.280 e. The summed E-state index contributed by atoms with van der Waals surface area (Å²) in [5.74, 6) is -0.0856. The van der Waals surface area contributed by atoms with Crippen LogP contribution in [0.15, 0.2) is 71.3 Å². The second kappa shape index (κ2) is 7.36. The van der Waals surface area contributed by atoms with Gasteiger partial charge in [-0.25, -0.2) is 0 Å². The summed E-state index contributed by atoms with van der Waals surface area (Å²) in [6.07, 6.45) is 1.88. The van der Waals surface area contributed by atoms with Crippen molar-refractivity contribution < 1.29 is 4.79 Å². The van der Waals surface area contributed by atoms with Gasteiger partial charge in [0.15, 0.2) is 0 Å². The molecule has 0 saturated heterocycles. The Balaban J connectivity index is 0.000000847. The van der Waals surface area contributed by atoms with E-state index in [0.29, 0.717) is 5.57 Å². The number of hydrogen-bond donors (Lipinski definition) is 0. The van der Waals surface area contributed by atoms with Gasteiger partial charge in [0.1, 0.15) is 0 Å². The van der Waals surface area contributed by atoms with Crippen molar-refractivity contribution in [3.05, 3.63) is 71.8 Å². The van der Waals surface area contributed by atoms with Crippen LogP contribution >= 0.6 is 0 Å². The van der Waals surface area contributed by atoms with E-state index < -0.39 is 0 Å². The summed E-state index contributed by atoms with van der Waals surface area (Å²) >= 11 is 0. The van der Waals surface area contributed by atoms with Crippen LogP contribution in [-0.4, -0.2) is 11.6 Å². The Labute approximate surface area is 131 Å². The molecule has 1 amide bonds. The molecule has 2 aromatic carbocycles. The van der Waals surface area contributed by atoms with Gasteiger partial charge in [0.2, 0.25) is 0 Å². The molecule has 0 fully saturated rings. The minimum absolute atomic E-state index is 0.0856. The number of para-hydroxylation sites is 1. The van der Waals surface area contributed by atoms with Gasteiger partial charge in [-0.2, -0.15) is 10.1 Å². The second-order valence-corrected chi connectivity index (χ2v) is 4.61. The maximum atomic E-state index is 12.5. The Morgan fingerprint density at radius 3 is 2.05 bits per heavy atom. The van der Waals surface area contributed by atoms with E-state index in [-0.39, 0.29) is 5.91 Å². The third-order valence-corrected chi connectivity index (χ3v) is 3.17. The highest BCUT2D eigenvalue weighted by Gasteiger charge is 2.28. The summed E-state index contributed by atoms with van der Waals surface area (Å²) in [4.78, 5) is 12.5. The predicted molar refractivity (Wildman–Crippen MR) is 92.8 cm³/mol. The van der Waals surface area contributed by atoms with E-state index in [1.165, 1.54) is 5.01 Å². The minimum atomic E-state index is -0.0856. The Kier molecular flexibility index (Phi) is 5.26. The zero-order valence-corrected chi connectivity index (χ0v) is 13.2. The van der Waals surface area contributed by atoms with Crippen molar-refractivity contribution in [1.29, 1.82) is 0 Å². The smallest absolute Gasteiger partial charge is 0.267 e. The molecule has 0 aromatic heterocycles. The van der Waals surface area contributed by atoms with Crippen molar-refractivity contribution in [3.8, 4) is 0 Å². The third kappa shape index (κ3) is 3.31. The largest absolute Gasteiger partial charge is 0.280 e. The van der Waals surface area contributed by atoms with Crippen molar-refractivity contribution in [2.24, 2.45) is 5.10 Å². The van der Waals surface area contributed by atoms with E-state index in [2.05, 4.69) is 5.10 Å². The van der Waals surface area contributed by atoms with Gasteiger partial charge < -0.3 is 0 Å². The van der Waals surface area contributed by atoms with Crippen molar-refractivity contribution in [3.63, 3.8) is 0 Å². The Morgan fingerprint density at radius 1 is 0.909 bits per heavy atom. The lowest BCUT2D eigenvalue weighted by Gasteiger charge is -2.10. The first-order valence-corrected chi connectivity index (χ1v) is 7.47. The van der Waals surface area contributed by atoms with Crippen LogP contribution < -0.4 is 5.01 Å². The lowest BCUT2D eigenvalue weighted by Crippen LogP contribution is -2.21. The monoisotopic (exact) mass is 292 g/mol. The standard InChI is InChI=1S/C17H14N2O.C2H6/c1-13-16(12-14-8-4-2-5-9-14)17(20)19(18-13)15-10-6-3-7-11-15;1-2/h2-12H,1H3;1-2H3/b16-12+;. The number of hydrazone groups is 1. The Bertz CT molecular complexity index is 688. The van der Waals surface area contributed by atoms with Gasteiger partial charge in [0, 0.05) is 0 Å². The topological polar surface area (TPSA) is 32.7 Å². The SMILES string of the molecule is CC.CC1=NN(c2ccccc2)C(=O)/C1=C/c1ccccc1. The number of benzene rings is 2. The van der Waals surface area contributed by atoms with Gasteiger partial charge in [-0.1, -0.05) is 62.4 Å². The van der Waals surface area contributed by atoms with Crippen LogP contribution in [0.1, 0.15) is 26.3 Å². The van der Waals surface area contributed by atoms with Crippen LogP contribution in [-0.2, 0) is 4.79 Å². The van der Waals surface area contributed by atoms with Crippen LogP contribution in [0, 0.1) is 0 Å². The highest BCUT2D eigenvalue weighted by Crippen LogP contribution is 2.24. The molecule has 0 radical (unpaired) electrons. The summed E-state index contributed by atoms with van der Waals surface area (Å²) in [6.45, 7) is 5.86. The molecule has 1 heterocycles. The van der Waals surface area contributed by atoms with E-state index in [0.717, 1.165) is 17.0 Å². The number of carbonyl (C=O) groups is 1. The van der Waals surface area contributed by atoms with E-state index in [4.69, 9.17) is 0 Å². The number of rotatable bonds is 2. The molecule has 2 aromatic rings. The van der Waals surface area contributed by atoms with Crippen LogP contribution in [0.2, 0.25) is 0 Å². The van der Waals surface area contributed by atoms with Gasteiger partial charge >= 0.3 is 0 Å². The van der Waals surface area contributed by atoms with Gasteiger partial charge in [-0.3, -0.25) is 4.79 Å². The summed E-state index contributed by atoms with van der Waals surface area (Å²) < 4.78 is 0. The van der Waals surface area contributed by atoms with Crippen LogP contribution in [0.5, 0.6) is 0 Å². The van der Waals surface area contributed by atoms with Crippen LogP contribution in [0.25, 0.3) is 6.08 Å². The maximum absolute atomic E-state index is 12.5. The van der Waals surface area contributed by atoms with Gasteiger partial charge in [-0.15, -0.1) is 0 Å².